The van der Waals surface area contributed by atoms with E-state index >= 15 is 0 Å². The van der Waals surface area contributed by atoms with Crippen molar-refractivity contribution < 1.29 is 13.2 Å². The number of hydrogen-bond donors (Lipinski definition) is 0. The summed E-state index contributed by atoms with van der Waals surface area (Å²) in [7, 11) is -3.37. The highest BCUT2D eigenvalue weighted by atomic mass is 32.2. The summed E-state index contributed by atoms with van der Waals surface area (Å²) in [6, 6.07) is 9.72. The van der Waals surface area contributed by atoms with Gasteiger partial charge in [0.1, 0.15) is 0 Å². The average Bonchev–Trinajstić information content (AvgIpc) is 2.51. The maximum absolute atomic E-state index is 12.5. The fourth-order valence-corrected chi connectivity index (χ4v) is 3.14. The molecule has 130 valence electrons. The lowest BCUT2D eigenvalue weighted by atomic mass is 10.2. The van der Waals surface area contributed by atoms with Crippen molar-refractivity contribution in [1.82, 2.24) is 9.21 Å². The SMILES string of the molecule is CCCCCN(CC(=O)N(CC)Cc1ccccc1)S(C)(=O)=O. The van der Waals surface area contributed by atoms with E-state index in [-0.39, 0.29) is 12.5 Å². The molecule has 0 spiro atoms. The van der Waals surface area contributed by atoms with Gasteiger partial charge in [0.2, 0.25) is 15.9 Å². The highest BCUT2D eigenvalue weighted by Crippen LogP contribution is 2.08. The van der Waals surface area contributed by atoms with E-state index in [0.717, 1.165) is 24.8 Å². The maximum Gasteiger partial charge on any atom is 0.238 e. The van der Waals surface area contributed by atoms with Crippen LogP contribution in [0, 0.1) is 0 Å². The highest BCUT2D eigenvalue weighted by molar-refractivity contribution is 7.88. The van der Waals surface area contributed by atoms with Gasteiger partial charge in [-0.3, -0.25) is 4.79 Å². The van der Waals surface area contributed by atoms with Gasteiger partial charge in [-0.25, -0.2) is 8.42 Å². The van der Waals surface area contributed by atoms with Gasteiger partial charge in [0, 0.05) is 19.6 Å². The van der Waals surface area contributed by atoms with E-state index in [9.17, 15) is 13.2 Å². The molecular formula is C17H28N2O3S. The predicted molar refractivity (Wildman–Crippen MR) is 93.5 cm³/mol. The lowest BCUT2D eigenvalue weighted by molar-refractivity contribution is -0.131. The molecule has 0 saturated heterocycles. The first-order valence-corrected chi connectivity index (χ1v) is 10.00. The van der Waals surface area contributed by atoms with E-state index in [1.165, 1.54) is 10.6 Å². The quantitative estimate of drug-likeness (QED) is 0.615. The number of amides is 1. The summed E-state index contributed by atoms with van der Waals surface area (Å²) in [6.45, 7) is 5.35. The summed E-state index contributed by atoms with van der Waals surface area (Å²) in [5.41, 5.74) is 1.04. The summed E-state index contributed by atoms with van der Waals surface area (Å²) >= 11 is 0. The predicted octanol–water partition coefficient (Wildman–Crippen LogP) is 2.49. The number of hydrogen-bond acceptors (Lipinski definition) is 3. The molecule has 23 heavy (non-hydrogen) atoms. The third-order valence-electron chi connectivity index (χ3n) is 3.74. The minimum atomic E-state index is -3.37. The van der Waals surface area contributed by atoms with Gasteiger partial charge in [0.25, 0.3) is 0 Å². The zero-order valence-corrected chi connectivity index (χ0v) is 15.2. The smallest absolute Gasteiger partial charge is 0.238 e. The van der Waals surface area contributed by atoms with Crippen LogP contribution >= 0.6 is 0 Å². The zero-order chi connectivity index (χ0) is 17.3. The number of carbonyl (C=O) groups is 1. The molecule has 0 N–H and O–H groups in total. The lowest BCUT2D eigenvalue weighted by Crippen LogP contribution is -2.42. The second kappa shape index (κ2) is 9.67. The van der Waals surface area contributed by atoms with Gasteiger partial charge in [-0.2, -0.15) is 4.31 Å². The lowest BCUT2D eigenvalue weighted by Gasteiger charge is -2.25. The van der Waals surface area contributed by atoms with Crippen LogP contribution in [0.3, 0.4) is 0 Å². The van der Waals surface area contributed by atoms with Crippen molar-refractivity contribution in [3.05, 3.63) is 35.9 Å². The Morgan fingerprint density at radius 2 is 1.74 bits per heavy atom. The molecule has 0 bridgehead atoms. The third-order valence-corrected chi connectivity index (χ3v) is 4.99. The van der Waals surface area contributed by atoms with E-state index < -0.39 is 10.0 Å². The minimum absolute atomic E-state index is 0.0801. The first-order chi connectivity index (χ1) is 10.9. The molecule has 6 heteroatoms. The second-order valence-corrected chi connectivity index (χ2v) is 7.68. The van der Waals surface area contributed by atoms with Crippen molar-refractivity contribution in [2.75, 3.05) is 25.9 Å². The van der Waals surface area contributed by atoms with Crippen LogP contribution in [0.5, 0.6) is 0 Å². The van der Waals surface area contributed by atoms with Crippen molar-refractivity contribution in [3.8, 4) is 0 Å². The Labute approximate surface area is 140 Å². The van der Waals surface area contributed by atoms with Gasteiger partial charge in [0.05, 0.1) is 12.8 Å². The van der Waals surface area contributed by atoms with Crippen LogP contribution in [0.1, 0.15) is 38.7 Å². The molecule has 0 aromatic heterocycles. The van der Waals surface area contributed by atoms with Crippen LogP contribution in [-0.2, 0) is 21.4 Å². The second-order valence-electron chi connectivity index (χ2n) is 5.70. The van der Waals surface area contributed by atoms with Gasteiger partial charge < -0.3 is 4.90 Å². The summed E-state index contributed by atoms with van der Waals surface area (Å²) in [4.78, 5) is 14.2. The van der Waals surface area contributed by atoms with Gasteiger partial charge in [-0.1, -0.05) is 50.1 Å². The Balaban J connectivity index is 2.71. The molecule has 5 nitrogen and oxygen atoms in total. The van der Waals surface area contributed by atoms with E-state index in [1.807, 2.05) is 37.3 Å². The van der Waals surface area contributed by atoms with E-state index in [2.05, 4.69) is 6.92 Å². The van der Waals surface area contributed by atoms with Gasteiger partial charge in [0.15, 0.2) is 0 Å². The minimum Gasteiger partial charge on any atom is -0.338 e. The normalized spacial score (nSPS) is 11.7. The van der Waals surface area contributed by atoms with Gasteiger partial charge in [-0.15, -0.1) is 0 Å². The van der Waals surface area contributed by atoms with Crippen LogP contribution in [0.2, 0.25) is 0 Å². The van der Waals surface area contributed by atoms with E-state index in [0.29, 0.717) is 19.6 Å². The number of nitrogens with zero attached hydrogens (tertiary/aromatic N) is 2. The number of likely N-dealkylation sites (N-methyl/N-ethyl adjacent to an activating group) is 1. The van der Waals surface area contributed by atoms with Crippen LogP contribution < -0.4 is 0 Å². The number of carbonyl (C=O) groups excluding carboxylic acids is 1. The highest BCUT2D eigenvalue weighted by Gasteiger charge is 2.22. The third kappa shape index (κ3) is 7.14. The van der Waals surface area contributed by atoms with E-state index in [1.54, 1.807) is 4.90 Å². The van der Waals surface area contributed by atoms with Crippen LogP contribution in [-0.4, -0.2) is 49.4 Å². The molecule has 1 rings (SSSR count). The first kappa shape index (κ1) is 19.6. The summed E-state index contributed by atoms with van der Waals surface area (Å²) in [5.74, 6) is -0.154. The topological polar surface area (TPSA) is 57.7 Å². The average molecular weight is 340 g/mol. The van der Waals surface area contributed by atoms with Crippen molar-refractivity contribution in [2.45, 2.75) is 39.7 Å². The van der Waals surface area contributed by atoms with Crippen LogP contribution in [0.4, 0.5) is 0 Å². The molecule has 1 aromatic rings. The monoisotopic (exact) mass is 340 g/mol. The fourth-order valence-electron chi connectivity index (χ4n) is 2.33. The Hall–Kier alpha value is -1.40. The molecule has 0 aliphatic carbocycles. The standard InChI is InChI=1S/C17H28N2O3S/c1-4-6-10-13-19(23(3,21)22)15-17(20)18(5-2)14-16-11-8-7-9-12-16/h7-9,11-12H,4-6,10,13-15H2,1-3H3. The molecule has 0 atom stereocenters. The molecule has 1 amide bonds. The number of sulfonamides is 1. The molecule has 0 radical (unpaired) electrons. The summed E-state index contributed by atoms with van der Waals surface area (Å²) in [5, 5.41) is 0. The molecule has 0 aliphatic heterocycles. The van der Waals surface area contributed by atoms with Crippen molar-refractivity contribution in [2.24, 2.45) is 0 Å². The molecular weight excluding hydrogens is 312 g/mol. The number of benzene rings is 1. The van der Waals surface area contributed by atoms with Gasteiger partial charge >= 0.3 is 0 Å². The molecule has 0 fully saturated rings. The van der Waals surface area contributed by atoms with Crippen molar-refractivity contribution in [1.29, 1.82) is 0 Å². The van der Waals surface area contributed by atoms with Crippen LogP contribution in [0.25, 0.3) is 0 Å². The Morgan fingerprint density at radius 3 is 2.26 bits per heavy atom. The number of rotatable bonds is 10. The van der Waals surface area contributed by atoms with Crippen molar-refractivity contribution >= 4 is 15.9 Å². The maximum atomic E-state index is 12.5. The van der Waals surface area contributed by atoms with Gasteiger partial charge in [-0.05, 0) is 18.9 Å². The molecule has 0 heterocycles. The summed E-state index contributed by atoms with van der Waals surface area (Å²) < 4.78 is 25.1. The van der Waals surface area contributed by atoms with E-state index in [4.69, 9.17) is 0 Å². The van der Waals surface area contributed by atoms with Crippen molar-refractivity contribution in [3.63, 3.8) is 0 Å². The molecule has 1 aromatic carbocycles. The fraction of sp³-hybridized carbons (Fsp3) is 0.588. The molecule has 0 aliphatic rings. The largest absolute Gasteiger partial charge is 0.338 e. The van der Waals surface area contributed by atoms with Crippen LogP contribution in [0.15, 0.2) is 30.3 Å². The Kier molecular flexibility index (Phi) is 8.26. The summed E-state index contributed by atoms with van der Waals surface area (Å²) in [6.07, 6.45) is 3.92. The Morgan fingerprint density at radius 1 is 1.09 bits per heavy atom. The Bertz CT molecular complexity index is 573. The number of unbranched alkanes of at least 4 members (excludes halogenated alkanes) is 2. The first-order valence-electron chi connectivity index (χ1n) is 8.15. The molecule has 0 unspecified atom stereocenters. The molecule has 0 saturated carbocycles. The zero-order valence-electron chi connectivity index (χ0n) is 14.4.